The number of hydrogen-bond donors (Lipinski definition) is 4. The third-order valence-corrected chi connectivity index (χ3v) is 7.37. The van der Waals surface area contributed by atoms with Crippen molar-refractivity contribution in [2.75, 3.05) is 27.4 Å². The summed E-state index contributed by atoms with van der Waals surface area (Å²) in [6.45, 7) is -0.634. The van der Waals surface area contributed by atoms with Crippen LogP contribution in [0.3, 0.4) is 0 Å². The predicted molar refractivity (Wildman–Crippen MR) is 95.5 cm³/mol. The van der Waals surface area contributed by atoms with Crippen LogP contribution < -0.4 is 0 Å². The molecule has 0 aromatic heterocycles. The number of hydrogen-bond acceptors (Lipinski definition) is 12. The van der Waals surface area contributed by atoms with E-state index in [1.807, 2.05) is 0 Å². The summed E-state index contributed by atoms with van der Waals surface area (Å²) < 4.78 is 51.9. The molecule has 0 aromatic carbocycles. The molecule has 9 atom stereocenters. The van der Waals surface area contributed by atoms with Crippen molar-refractivity contribution in [1.82, 2.24) is 0 Å². The summed E-state index contributed by atoms with van der Waals surface area (Å²) in [6, 6.07) is -2.32. The Balaban J connectivity index is 1.68. The van der Waals surface area contributed by atoms with Gasteiger partial charge in [-0.05, 0) is 0 Å². The van der Waals surface area contributed by atoms with Crippen LogP contribution in [-0.4, -0.2) is 112 Å². The summed E-state index contributed by atoms with van der Waals surface area (Å²) in [5.41, 5.74) is 0. The van der Waals surface area contributed by atoms with E-state index in [2.05, 4.69) is 4.52 Å². The Morgan fingerprint density at radius 1 is 1.03 bits per heavy atom. The third-order valence-electron chi connectivity index (χ3n) is 4.60. The summed E-state index contributed by atoms with van der Waals surface area (Å²) in [4.78, 5) is 30.6. The molecule has 0 aromatic rings. The molecule has 3 saturated heterocycles. The van der Waals surface area contributed by atoms with Gasteiger partial charge in [0.2, 0.25) is 0 Å². The van der Waals surface area contributed by atoms with Gasteiger partial charge in [0.15, 0.2) is 0 Å². The predicted octanol–water partition coefficient (Wildman–Crippen LogP) is -2.17. The molecule has 3 aliphatic heterocycles. The summed E-state index contributed by atoms with van der Waals surface area (Å²) >= 11 is 0. The molecule has 0 amide bonds. The second-order valence-corrected chi connectivity index (χ2v) is 10.5. The molecule has 164 valence electrons. The third kappa shape index (κ3) is 5.05. The molecule has 4 N–H and O–H groups in total. The van der Waals surface area contributed by atoms with Gasteiger partial charge in [-0.2, -0.15) is 0 Å². The van der Waals surface area contributed by atoms with Crippen LogP contribution in [0.2, 0.25) is 0 Å². The van der Waals surface area contributed by atoms with Gasteiger partial charge < -0.3 is 0 Å². The van der Waals surface area contributed by atoms with Gasteiger partial charge in [0.25, 0.3) is 0 Å². The molecule has 0 bridgehead atoms. The van der Waals surface area contributed by atoms with Crippen LogP contribution in [0.1, 0.15) is 0 Å². The fourth-order valence-corrected chi connectivity index (χ4v) is 5.79. The molecule has 0 spiro atoms. The Morgan fingerprint density at radius 2 is 1.66 bits per heavy atom. The Kier molecular flexibility index (Phi) is 6.89. The summed E-state index contributed by atoms with van der Waals surface area (Å²) in [5.74, 6) is 0. The van der Waals surface area contributed by atoms with E-state index in [9.17, 15) is 24.4 Å². The van der Waals surface area contributed by atoms with Crippen LogP contribution in [0.15, 0.2) is 0 Å². The number of fused-ring (bicyclic) bond motifs is 1. The molecular weight excluding hydrogens is 436 g/mol. The average Bonchev–Trinajstić information content (AvgIpc) is 3.18. The van der Waals surface area contributed by atoms with E-state index in [-0.39, 0.29) is 6.61 Å². The molecule has 0 aliphatic carbocycles. The molecule has 4 radical (unpaired) electrons. The summed E-state index contributed by atoms with van der Waals surface area (Å²) in [6.07, 6.45) is -7.05. The Bertz CT molecular complexity index is 655. The van der Waals surface area contributed by atoms with Gasteiger partial charge in [0.1, 0.15) is 0 Å². The molecular formula is C12H22B2O13P2. The molecule has 3 fully saturated rings. The molecule has 17 heteroatoms. The average molecular weight is 458 g/mol. The zero-order chi connectivity index (χ0) is 21.6. The van der Waals surface area contributed by atoms with Gasteiger partial charge in [-0.15, -0.1) is 0 Å². The standard InChI is InChI=1S/C12H22B2O13P2/c1-20-3-5-9-10(12(14)24-5)27-29(18,19,26-9)22-4-6-8(7(15)11(13)23-6)25-28(16,17)21-2/h5-12,15,18-19H,3-4H2,1-2H3,(H,16,17)/t5-,6-,7+,8?,9?,10+,11-,12-/m1/s1. The molecule has 29 heavy (non-hydrogen) atoms. The fourth-order valence-electron chi connectivity index (χ4n) is 3.23. The zero-order valence-electron chi connectivity index (χ0n) is 15.5. The molecule has 13 nitrogen and oxygen atoms in total. The van der Waals surface area contributed by atoms with Crippen molar-refractivity contribution in [2.45, 2.75) is 48.6 Å². The van der Waals surface area contributed by atoms with Crippen molar-refractivity contribution in [2.24, 2.45) is 0 Å². The van der Waals surface area contributed by atoms with Gasteiger partial charge in [0.05, 0.1) is 0 Å². The van der Waals surface area contributed by atoms with Crippen LogP contribution >= 0.6 is 15.6 Å². The summed E-state index contributed by atoms with van der Waals surface area (Å²) in [7, 11) is 3.54. The topological polar surface area (TPSA) is 172 Å². The normalized spacial score (nSPS) is 46.6. The van der Waals surface area contributed by atoms with E-state index < -0.39 is 70.8 Å². The minimum absolute atomic E-state index is 0.0518. The van der Waals surface area contributed by atoms with Crippen LogP contribution in [0.4, 0.5) is 0 Å². The zero-order valence-corrected chi connectivity index (χ0v) is 17.3. The minimum atomic E-state index is -5.63. The number of methoxy groups -OCH3 is 1. The maximum absolute atomic E-state index is 11.7. The second kappa shape index (κ2) is 8.34. The number of phosphoric acid groups is 1. The van der Waals surface area contributed by atoms with Crippen molar-refractivity contribution in [3.05, 3.63) is 0 Å². The monoisotopic (exact) mass is 458 g/mol. The number of rotatable bonds is 8. The molecule has 0 saturated carbocycles. The molecule has 3 unspecified atom stereocenters. The second-order valence-electron chi connectivity index (χ2n) is 6.68. The van der Waals surface area contributed by atoms with Crippen LogP contribution in [0, 0.1) is 0 Å². The summed E-state index contributed by atoms with van der Waals surface area (Å²) in [5, 5.41) is 10.0. The van der Waals surface area contributed by atoms with Crippen LogP contribution in [0.5, 0.6) is 0 Å². The first-order chi connectivity index (χ1) is 13.4. The Labute approximate surface area is 169 Å². The van der Waals surface area contributed by atoms with Gasteiger partial charge in [-0.1, -0.05) is 0 Å². The van der Waals surface area contributed by atoms with E-state index in [4.69, 9.17) is 48.0 Å². The number of phosphoric ester groups is 1. The number of ether oxygens (including phenoxy) is 3. The van der Waals surface area contributed by atoms with Gasteiger partial charge in [-0.3, -0.25) is 0 Å². The van der Waals surface area contributed by atoms with E-state index in [0.29, 0.717) is 0 Å². The van der Waals surface area contributed by atoms with Crippen LogP contribution in [-0.2, 0) is 41.4 Å². The maximum atomic E-state index is 11.7. The van der Waals surface area contributed by atoms with Gasteiger partial charge in [-0.25, -0.2) is 0 Å². The van der Waals surface area contributed by atoms with Gasteiger partial charge >= 0.3 is 168 Å². The van der Waals surface area contributed by atoms with Crippen molar-refractivity contribution >= 4 is 31.3 Å². The van der Waals surface area contributed by atoms with E-state index in [1.165, 1.54) is 7.11 Å². The number of aliphatic hydroxyl groups excluding tert-OH is 1. The van der Waals surface area contributed by atoms with Crippen molar-refractivity contribution in [1.29, 1.82) is 0 Å². The first kappa shape index (κ1) is 24.0. The van der Waals surface area contributed by atoms with Crippen molar-refractivity contribution < 1.29 is 61.2 Å². The first-order valence-electron chi connectivity index (χ1n) is 8.48. The Morgan fingerprint density at radius 3 is 2.28 bits per heavy atom. The van der Waals surface area contributed by atoms with E-state index in [1.54, 1.807) is 0 Å². The molecule has 3 heterocycles. The first-order valence-corrected chi connectivity index (χ1v) is 11.9. The Hall–Kier alpha value is 0.310. The van der Waals surface area contributed by atoms with E-state index >= 15 is 0 Å². The molecule has 3 rings (SSSR count). The van der Waals surface area contributed by atoms with Crippen molar-refractivity contribution in [3.8, 4) is 0 Å². The number of aliphatic hydroxyl groups is 1. The van der Waals surface area contributed by atoms with E-state index in [0.717, 1.165) is 7.11 Å². The molecule has 3 aliphatic rings. The van der Waals surface area contributed by atoms with Gasteiger partial charge in [0, 0.05) is 0 Å². The quantitative estimate of drug-likeness (QED) is 0.229. The SMILES string of the molecule is [B][C@@H]1O[C@H](COP2(O)(O)OC3[C@@H](COC)O[C@@H]([B])[C@H]3O2)C(OP(=O)(O)OC)[C@@H]1O. The fraction of sp³-hybridized carbons (Fsp3) is 1.00. The van der Waals surface area contributed by atoms with Crippen LogP contribution in [0.25, 0.3) is 0 Å². The van der Waals surface area contributed by atoms with Crippen molar-refractivity contribution in [3.63, 3.8) is 0 Å².